The Labute approximate surface area is 93.9 Å². The van der Waals surface area contributed by atoms with E-state index in [9.17, 15) is 0 Å². The molecule has 0 atom stereocenters. The first-order chi connectivity index (χ1) is 4.00. The molecule has 8 nitrogen and oxygen atoms in total. The first kappa shape index (κ1) is 23.3. The SMILES string of the molecule is O=P([O-])([O-])O.[Li+].[Li+].[O]=[Mn](=[O])([OH])[OH]. The molecule has 0 aromatic carbocycles. The van der Waals surface area contributed by atoms with Gasteiger partial charge in [0.05, 0.1) is 7.82 Å². The quantitative estimate of drug-likeness (QED) is 0.273. The van der Waals surface area contributed by atoms with Crippen LogP contribution in [-0.4, -0.2) is 13.3 Å². The molecular weight excluding hydrogens is 228 g/mol. The number of hydrogen-bond donors (Lipinski definition) is 3. The Morgan fingerprint density at radius 2 is 1.08 bits per heavy atom. The fraction of sp³-hybridized carbons (Fsp3) is 0. The van der Waals surface area contributed by atoms with E-state index in [0.717, 1.165) is 0 Å². The molecule has 0 saturated carbocycles. The van der Waals surface area contributed by atoms with Gasteiger partial charge in [-0.1, -0.05) is 0 Å². The second-order valence-corrected chi connectivity index (χ2v) is 3.12. The summed E-state index contributed by atoms with van der Waals surface area (Å²) in [5.41, 5.74) is 0. The van der Waals surface area contributed by atoms with Crippen molar-refractivity contribution in [3.8, 4) is 0 Å². The van der Waals surface area contributed by atoms with Crippen molar-refractivity contribution >= 4 is 7.82 Å². The van der Waals surface area contributed by atoms with Crippen LogP contribution in [0.4, 0.5) is 0 Å². The zero-order chi connectivity index (χ0) is 9.00. The van der Waals surface area contributed by atoms with Crippen molar-refractivity contribution in [1.29, 1.82) is 0 Å². The van der Waals surface area contributed by atoms with Crippen LogP contribution in [0.3, 0.4) is 0 Å². The van der Waals surface area contributed by atoms with Gasteiger partial charge in [0, 0.05) is 0 Å². The van der Waals surface area contributed by atoms with Gasteiger partial charge < -0.3 is 19.2 Å². The topological polar surface area (TPSA) is 158 Å². The van der Waals surface area contributed by atoms with Gasteiger partial charge in [-0.2, -0.15) is 0 Å². The molecule has 12 heavy (non-hydrogen) atoms. The van der Waals surface area contributed by atoms with E-state index in [4.69, 9.17) is 35.3 Å². The first-order valence-corrected chi connectivity index (χ1v) is 4.91. The van der Waals surface area contributed by atoms with E-state index < -0.39 is 21.2 Å². The molecule has 0 aromatic rings. The van der Waals surface area contributed by atoms with Gasteiger partial charge in [-0.05, 0) is 0 Å². The summed E-state index contributed by atoms with van der Waals surface area (Å²) in [7, 11) is -5.14. The summed E-state index contributed by atoms with van der Waals surface area (Å²) in [6.45, 7) is 0. The molecule has 0 radical (unpaired) electrons. The van der Waals surface area contributed by atoms with Crippen LogP contribution >= 0.6 is 7.82 Å². The summed E-state index contributed by atoms with van der Waals surface area (Å²) < 4.78 is 40.5. The van der Waals surface area contributed by atoms with Gasteiger partial charge in [0.25, 0.3) is 0 Å². The van der Waals surface area contributed by atoms with Crippen molar-refractivity contribution in [3.63, 3.8) is 0 Å². The van der Waals surface area contributed by atoms with E-state index in [2.05, 4.69) is 0 Å². The zero-order valence-electron chi connectivity index (χ0n) is 6.21. The standard InChI is InChI=1S/2Li.Mn.H3O4P.2H2O.2O/c;;;1-5(2,3)4;;;;/h;;;(H3,1,2,3,4);2*1H2;;/q2*+1;+2;;;;;/p-4. The maximum absolute atomic E-state index is 8.80. The van der Waals surface area contributed by atoms with Gasteiger partial charge in [0.2, 0.25) is 0 Å². The third kappa shape index (κ3) is 672. The molecule has 0 spiro atoms. The van der Waals surface area contributed by atoms with Crippen molar-refractivity contribution in [1.82, 2.24) is 0 Å². The van der Waals surface area contributed by atoms with E-state index in [1.165, 1.54) is 0 Å². The van der Waals surface area contributed by atoms with Gasteiger partial charge >= 0.3 is 67.1 Å². The molecule has 0 saturated heterocycles. The average Bonchev–Trinajstić information content (AvgIpc) is 1.12. The van der Waals surface area contributed by atoms with E-state index in [1.807, 2.05) is 0 Å². The Morgan fingerprint density at radius 3 is 1.08 bits per heavy atom. The zero-order valence-corrected chi connectivity index (χ0v) is 8.28. The number of hydrogen-bond acceptors (Lipinski definition) is 5. The Morgan fingerprint density at radius 1 is 1.08 bits per heavy atom. The van der Waals surface area contributed by atoms with Crippen LogP contribution < -0.4 is 47.5 Å². The molecule has 0 rings (SSSR count). The molecule has 3 N–H and O–H groups in total. The fourth-order valence-corrected chi connectivity index (χ4v) is 0. The van der Waals surface area contributed by atoms with Crippen LogP contribution in [0.15, 0.2) is 0 Å². The number of phosphoric acid groups is 1. The predicted molar refractivity (Wildman–Crippen MR) is 15.6 cm³/mol. The van der Waals surface area contributed by atoms with Crippen LogP contribution in [0, 0.1) is 0 Å². The molecule has 0 bridgehead atoms. The van der Waals surface area contributed by atoms with Crippen LogP contribution in [0.5, 0.6) is 0 Å². The molecule has 0 fully saturated rings. The monoisotopic (exact) mass is 231 g/mol. The van der Waals surface area contributed by atoms with Crippen molar-refractivity contribution in [2.45, 2.75) is 0 Å². The first-order valence-electron chi connectivity index (χ1n) is 1.39. The normalized spacial score (nSPS) is 9.75. The van der Waals surface area contributed by atoms with E-state index in [1.54, 1.807) is 0 Å². The molecule has 12 heteroatoms. The van der Waals surface area contributed by atoms with Crippen LogP contribution in [-0.2, 0) is 25.6 Å². The summed E-state index contributed by atoms with van der Waals surface area (Å²) in [6.07, 6.45) is 0. The molecule has 0 aliphatic heterocycles. The Balaban J connectivity index is -0.0000000457. The minimum absolute atomic E-state index is 0. The molecule has 0 amide bonds. The number of rotatable bonds is 0. The van der Waals surface area contributed by atoms with E-state index >= 15 is 0 Å². The van der Waals surface area contributed by atoms with Crippen molar-refractivity contribution in [2.24, 2.45) is 0 Å². The summed E-state index contributed by atoms with van der Waals surface area (Å²) in [6, 6.07) is 0. The molecule has 0 aliphatic rings. The van der Waals surface area contributed by atoms with Crippen molar-refractivity contribution in [2.75, 3.05) is 0 Å². The third-order valence-electron chi connectivity index (χ3n) is 0. The second-order valence-electron chi connectivity index (χ2n) is 0.883. The fourth-order valence-electron chi connectivity index (χ4n) is 0. The van der Waals surface area contributed by atoms with Gasteiger partial charge in [-0.3, -0.25) is 0 Å². The van der Waals surface area contributed by atoms with Gasteiger partial charge in [-0.25, -0.2) is 0 Å². The molecule has 0 aromatic heterocycles. The van der Waals surface area contributed by atoms with Crippen molar-refractivity contribution in [3.05, 3.63) is 0 Å². The molecule has 0 heterocycles. The maximum atomic E-state index is 8.80. The van der Waals surface area contributed by atoms with Crippen LogP contribution in [0.25, 0.3) is 0 Å². The van der Waals surface area contributed by atoms with Crippen LogP contribution in [0.2, 0.25) is 0 Å². The van der Waals surface area contributed by atoms with Gasteiger partial charge in [0.1, 0.15) is 0 Å². The van der Waals surface area contributed by atoms with Gasteiger partial charge in [0.15, 0.2) is 0 Å². The van der Waals surface area contributed by atoms with Crippen molar-refractivity contribution < 1.29 is 86.4 Å². The van der Waals surface area contributed by atoms with Crippen LogP contribution in [0.1, 0.15) is 0 Å². The molecular formula is H3Li2MnO8P. The summed E-state index contributed by atoms with van der Waals surface area (Å²) >= 11 is -5.12. The molecule has 0 aliphatic carbocycles. The van der Waals surface area contributed by atoms with Gasteiger partial charge in [-0.15, -0.1) is 0 Å². The third-order valence-corrected chi connectivity index (χ3v) is 0. The second kappa shape index (κ2) is 8.92. The minimum atomic E-state index is -5.14. The molecule has 0 unspecified atom stereocenters. The van der Waals surface area contributed by atoms with E-state index in [0.29, 0.717) is 0 Å². The Kier molecular flexibility index (Phi) is 17.3. The Bertz CT molecular complexity index is 195. The summed E-state index contributed by atoms with van der Waals surface area (Å²) in [4.78, 5) is 24.3. The van der Waals surface area contributed by atoms with E-state index in [-0.39, 0.29) is 37.7 Å². The summed E-state index contributed by atoms with van der Waals surface area (Å²) in [5, 5.41) is 0. The molecule has 65 valence electrons. The predicted octanol–water partition coefficient (Wildman–Crippen LogP) is -9.54. The Hall–Kier alpha value is 1.34. The average molecular weight is 231 g/mol. The summed E-state index contributed by atoms with van der Waals surface area (Å²) in [5.74, 6) is 0.